The van der Waals surface area contributed by atoms with Crippen LogP contribution in [0.2, 0.25) is 0 Å². The number of aromatic nitrogens is 1. The van der Waals surface area contributed by atoms with Crippen molar-refractivity contribution in [1.29, 1.82) is 0 Å². The monoisotopic (exact) mass is 753 g/mol. The molecule has 2 N–H and O–H groups in total. The molecule has 4 aromatic rings. The lowest BCUT2D eigenvalue weighted by atomic mass is 9.76. The van der Waals surface area contributed by atoms with Gasteiger partial charge < -0.3 is 9.15 Å². The predicted molar refractivity (Wildman–Crippen MR) is 206 cm³/mol. The minimum Gasteiger partial charge on any atom is -0.493 e. The lowest BCUT2D eigenvalue weighted by Crippen LogP contribution is -2.27. The summed E-state index contributed by atoms with van der Waals surface area (Å²) in [5.41, 5.74) is 4.56. The van der Waals surface area contributed by atoms with Crippen molar-refractivity contribution in [3.8, 4) is 17.2 Å². The highest BCUT2D eigenvalue weighted by atomic mass is 32.2. The zero-order valence-electron chi connectivity index (χ0n) is 29.9. The second-order valence-corrected chi connectivity index (χ2v) is 16.3. The van der Waals surface area contributed by atoms with Crippen molar-refractivity contribution in [1.82, 2.24) is 15.6 Å². The molecule has 10 nitrogen and oxygen atoms in total. The summed E-state index contributed by atoms with van der Waals surface area (Å²) in [7, 11) is 0. The third-order valence-corrected chi connectivity index (χ3v) is 11.7. The molecule has 2 saturated heterocycles. The summed E-state index contributed by atoms with van der Waals surface area (Å²) in [4.78, 5) is 62.9. The van der Waals surface area contributed by atoms with Gasteiger partial charge in [0, 0.05) is 29.4 Å². The van der Waals surface area contributed by atoms with E-state index in [9.17, 15) is 24.0 Å². The standard InChI is InChI=1S/C23H20N2O4S.C18H23NO3S/c1-14-18(24-22(29-14)17-5-3-2-4-6-17)11-12-19(26)16-9-7-15(8-10-16)13-20-21(27)25-23(28)30-20;1-18(9-3-2-4-10-18)12-22-14-7-5-13(6-8-14)11-15-16(20)19-17(21)23-15/h2-10,20H,11-13H2,1H3,(H,25,27,28);5-8,15H,2-4,9-12H2,1H3,(H,19,20,21). The van der Waals surface area contributed by atoms with Gasteiger partial charge in [0.05, 0.1) is 22.8 Å². The maximum atomic E-state index is 12.6. The van der Waals surface area contributed by atoms with Gasteiger partial charge in [0.15, 0.2) is 5.78 Å². The van der Waals surface area contributed by atoms with Crippen LogP contribution in [-0.4, -0.2) is 50.2 Å². The second-order valence-electron chi connectivity index (χ2n) is 14.0. The third-order valence-electron chi connectivity index (χ3n) is 9.73. The van der Waals surface area contributed by atoms with E-state index < -0.39 is 5.25 Å². The molecule has 7 rings (SSSR count). The quantitative estimate of drug-likeness (QED) is 0.136. The molecule has 1 aliphatic carbocycles. The first-order valence-corrected chi connectivity index (χ1v) is 19.7. The Kier molecular flexibility index (Phi) is 12.5. The van der Waals surface area contributed by atoms with E-state index in [1.165, 1.54) is 32.1 Å². The second kappa shape index (κ2) is 17.4. The minimum absolute atomic E-state index is 0.0216. The molecule has 2 aliphatic heterocycles. The zero-order chi connectivity index (χ0) is 37.4. The number of rotatable bonds is 12. The molecular weight excluding hydrogens is 711 g/mol. The van der Waals surface area contributed by atoms with Crippen LogP contribution in [0.4, 0.5) is 9.59 Å². The van der Waals surface area contributed by atoms with Crippen LogP contribution in [0.5, 0.6) is 5.75 Å². The van der Waals surface area contributed by atoms with Crippen LogP contribution in [0.1, 0.15) is 78.4 Å². The number of carbonyl (C=O) groups is 5. The molecule has 0 spiro atoms. The van der Waals surface area contributed by atoms with Crippen molar-refractivity contribution in [2.24, 2.45) is 5.41 Å². The van der Waals surface area contributed by atoms with Gasteiger partial charge in [-0.1, -0.05) is 104 Å². The summed E-state index contributed by atoms with van der Waals surface area (Å²) < 4.78 is 11.7. The Morgan fingerprint density at radius 2 is 1.38 bits per heavy atom. The van der Waals surface area contributed by atoms with Gasteiger partial charge in [-0.25, -0.2) is 4.98 Å². The van der Waals surface area contributed by atoms with Crippen LogP contribution in [-0.2, 0) is 28.9 Å². The molecule has 2 unspecified atom stereocenters. The average molecular weight is 754 g/mol. The first kappa shape index (κ1) is 38.1. The van der Waals surface area contributed by atoms with Gasteiger partial charge in [-0.3, -0.25) is 34.6 Å². The Balaban J connectivity index is 0.000000188. The van der Waals surface area contributed by atoms with E-state index >= 15 is 0 Å². The van der Waals surface area contributed by atoms with E-state index in [0.29, 0.717) is 42.6 Å². The molecular formula is C41H43N3O7S2. The molecule has 3 aromatic carbocycles. The molecule has 12 heteroatoms. The molecule has 53 heavy (non-hydrogen) atoms. The fourth-order valence-corrected chi connectivity index (χ4v) is 8.30. The number of ether oxygens (including phenoxy) is 1. The maximum Gasteiger partial charge on any atom is 0.286 e. The Morgan fingerprint density at radius 3 is 1.92 bits per heavy atom. The first-order valence-electron chi connectivity index (χ1n) is 17.9. The van der Waals surface area contributed by atoms with Gasteiger partial charge in [0.25, 0.3) is 10.5 Å². The Morgan fingerprint density at radius 1 is 0.811 bits per heavy atom. The number of hydrogen-bond acceptors (Lipinski definition) is 10. The van der Waals surface area contributed by atoms with E-state index in [-0.39, 0.29) is 33.3 Å². The summed E-state index contributed by atoms with van der Waals surface area (Å²) in [6.45, 7) is 4.94. The van der Waals surface area contributed by atoms with Gasteiger partial charge >= 0.3 is 0 Å². The van der Waals surface area contributed by atoms with Crippen molar-refractivity contribution >= 4 is 51.6 Å². The van der Waals surface area contributed by atoms with E-state index in [4.69, 9.17) is 9.15 Å². The van der Waals surface area contributed by atoms with Crippen LogP contribution in [0.25, 0.3) is 11.5 Å². The number of hydrogen-bond donors (Lipinski definition) is 2. The number of oxazole rings is 1. The van der Waals surface area contributed by atoms with E-state index in [1.807, 2.05) is 73.7 Å². The minimum atomic E-state index is -0.409. The molecule has 4 amide bonds. The summed E-state index contributed by atoms with van der Waals surface area (Å²) in [6, 6.07) is 24.7. The molecule has 3 heterocycles. The first-order chi connectivity index (χ1) is 25.5. The van der Waals surface area contributed by atoms with E-state index in [0.717, 1.165) is 64.0 Å². The summed E-state index contributed by atoms with van der Waals surface area (Å²) in [6.07, 6.45) is 8.30. The smallest absolute Gasteiger partial charge is 0.286 e. The fraction of sp³-hybridized carbons (Fsp3) is 0.366. The zero-order valence-corrected chi connectivity index (χ0v) is 31.5. The van der Waals surface area contributed by atoms with Crippen LogP contribution in [0.15, 0.2) is 83.3 Å². The predicted octanol–water partition coefficient (Wildman–Crippen LogP) is 8.29. The van der Waals surface area contributed by atoms with Crippen molar-refractivity contribution in [2.75, 3.05) is 6.61 Å². The molecule has 0 radical (unpaired) electrons. The van der Waals surface area contributed by atoms with Crippen molar-refractivity contribution in [2.45, 2.75) is 82.1 Å². The number of ketones is 1. The van der Waals surface area contributed by atoms with Gasteiger partial charge in [0.1, 0.15) is 11.5 Å². The van der Waals surface area contributed by atoms with Gasteiger partial charge in [-0.05, 0) is 68.0 Å². The van der Waals surface area contributed by atoms with Crippen LogP contribution in [0, 0.1) is 12.3 Å². The number of nitrogens with one attached hydrogen (secondary N) is 2. The van der Waals surface area contributed by atoms with Crippen LogP contribution in [0.3, 0.4) is 0 Å². The molecule has 0 bridgehead atoms. The normalized spacial score (nSPS) is 19.3. The average Bonchev–Trinajstić information content (AvgIpc) is 3.81. The number of amides is 4. The van der Waals surface area contributed by atoms with Gasteiger partial charge in [-0.15, -0.1) is 0 Å². The topological polar surface area (TPSA) is 145 Å². The van der Waals surface area contributed by atoms with E-state index in [2.05, 4.69) is 22.5 Å². The van der Waals surface area contributed by atoms with Gasteiger partial charge in [0.2, 0.25) is 17.7 Å². The van der Waals surface area contributed by atoms with Crippen molar-refractivity contribution in [3.05, 3.63) is 107 Å². The Labute approximate surface area is 317 Å². The fourth-order valence-electron chi connectivity index (χ4n) is 6.58. The van der Waals surface area contributed by atoms with Crippen LogP contribution >= 0.6 is 23.5 Å². The SMILES string of the molecule is CC1(COc2ccc(CC3SC(=O)NC3=O)cc2)CCCCC1.Cc1oc(-c2ccccc2)nc1CCC(=O)c1ccc(CC2SC(=O)NC2=O)cc1. The lowest BCUT2D eigenvalue weighted by molar-refractivity contribution is -0.119. The summed E-state index contributed by atoms with van der Waals surface area (Å²) in [5.74, 6) is 1.73. The van der Waals surface area contributed by atoms with Gasteiger partial charge in [-0.2, -0.15) is 0 Å². The highest BCUT2D eigenvalue weighted by Crippen LogP contribution is 2.36. The number of thioether (sulfide) groups is 2. The molecule has 2 atom stereocenters. The van der Waals surface area contributed by atoms with Crippen LogP contribution < -0.4 is 15.4 Å². The number of imide groups is 2. The van der Waals surface area contributed by atoms with Crippen molar-refractivity contribution in [3.63, 3.8) is 0 Å². The summed E-state index contributed by atoms with van der Waals surface area (Å²) in [5, 5.41) is 3.32. The number of nitrogens with zero attached hydrogens (tertiary/aromatic N) is 1. The number of carbonyl (C=O) groups excluding carboxylic acids is 5. The van der Waals surface area contributed by atoms with E-state index in [1.54, 1.807) is 12.1 Å². The Bertz CT molecular complexity index is 1940. The highest BCUT2D eigenvalue weighted by Gasteiger charge is 2.32. The highest BCUT2D eigenvalue weighted by molar-refractivity contribution is 8.15. The molecule has 3 aliphatic rings. The molecule has 1 saturated carbocycles. The summed E-state index contributed by atoms with van der Waals surface area (Å²) >= 11 is 2.07. The van der Waals surface area contributed by atoms with Crippen molar-refractivity contribution < 1.29 is 33.1 Å². The Hall–Kier alpha value is -4.68. The molecule has 276 valence electrons. The maximum absolute atomic E-state index is 12.6. The largest absolute Gasteiger partial charge is 0.493 e. The third kappa shape index (κ3) is 10.5. The molecule has 1 aromatic heterocycles. The number of Topliss-reactive ketones (excluding diaryl/α,β-unsaturated/α-hetero) is 1. The number of benzene rings is 3. The molecule has 3 fully saturated rings. The lowest BCUT2D eigenvalue weighted by Gasteiger charge is -2.33. The number of aryl methyl sites for hydroxylation is 2.